The Morgan fingerprint density at radius 1 is 1.26 bits per heavy atom. The second kappa shape index (κ2) is 8.35. The Morgan fingerprint density at radius 3 is 2.63 bits per heavy atom. The highest BCUT2D eigenvalue weighted by Gasteiger charge is 2.20. The fraction of sp³-hybridized carbons (Fsp3) is 0.350. The summed E-state index contributed by atoms with van der Waals surface area (Å²) < 4.78 is 1.91. The van der Waals surface area contributed by atoms with Crippen molar-refractivity contribution in [2.75, 3.05) is 0 Å². The minimum absolute atomic E-state index is 0.123. The topological polar surface area (TPSA) is 83.7 Å². The van der Waals surface area contributed by atoms with Crippen molar-refractivity contribution in [1.82, 2.24) is 14.7 Å². The van der Waals surface area contributed by atoms with Crippen LogP contribution in [0.15, 0.2) is 35.8 Å². The van der Waals surface area contributed by atoms with Crippen LogP contribution >= 0.6 is 11.3 Å². The molecule has 3 aromatic rings. The number of hydrogen-bond acceptors (Lipinski definition) is 4. The lowest BCUT2D eigenvalue weighted by molar-refractivity contribution is -0.141. The number of hydrogen-bond donors (Lipinski definition) is 2. The summed E-state index contributed by atoms with van der Waals surface area (Å²) in [7, 11) is 0. The van der Waals surface area contributed by atoms with Gasteiger partial charge in [0.15, 0.2) is 4.96 Å². The second-order valence-corrected chi connectivity index (χ2v) is 7.32. The first-order valence-electron chi connectivity index (χ1n) is 9.08. The van der Waals surface area contributed by atoms with E-state index in [1.165, 1.54) is 16.9 Å². The molecule has 6 nitrogen and oxygen atoms in total. The number of aromatic nitrogens is 2. The number of benzene rings is 1. The van der Waals surface area contributed by atoms with Gasteiger partial charge in [-0.1, -0.05) is 44.5 Å². The molecule has 1 amide bonds. The van der Waals surface area contributed by atoms with Crippen molar-refractivity contribution in [3.8, 4) is 11.3 Å². The number of nitrogens with zero attached hydrogens (tertiary/aromatic N) is 2. The van der Waals surface area contributed by atoms with Crippen molar-refractivity contribution in [2.45, 2.75) is 45.6 Å². The molecule has 0 spiro atoms. The van der Waals surface area contributed by atoms with Crippen molar-refractivity contribution < 1.29 is 14.7 Å². The molecule has 2 aromatic heterocycles. The van der Waals surface area contributed by atoms with Crippen LogP contribution in [0.25, 0.3) is 16.2 Å². The number of fused-ring (bicyclic) bond motifs is 1. The lowest BCUT2D eigenvalue weighted by Gasteiger charge is -2.13. The standard InChI is InChI=1S/C20H23N3O3S/c1-3-5-16(19(25)26)21-18(24)10-15-12-27-20-22-17(11-23(15)20)14-8-6-13(4-2)7-9-14/h6-9,11-12,16H,3-5,10H2,1-2H3,(H,21,24)(H,25,26). The van der Waals surface area contributed by atoms with E-state index >= 15 is 0 Å². The molecule has 1 aromatic carbocycles. The van der Waals surface area contributed by atoms with E-state index in [4.69, 9.17) is 0 Å². The Bertz CT molecular complexity index is 943. The molecule has 0 bridgehead atoms. The Balaban J connectivity index is 1.76. The quantitative estimate of drug-likeness (QED) is 0.621. The number of aryl methyl sites for hydroxylation is 1. The van der Waals surface area contributed by atoms with Gasteiger partial charge in [0.05, 0.1) is 12.1 Å². The third-order valence-electron chi connectivity index (χ3n) is 4.49. The summed E-state index contributed by atoms with van der Waals surface area (Å²) in [6.07, 6.45) is 4.16. The van der Waals surface area contributed by atoms with Gasteiger partial charge in [0, 0.05) is 22.8 Å². The lowest BCUT2D eigenvalue weighted by Crippen LogP contribution is -2.41. The molecule has 7 heteroatoms. The van der Waals surface area contributed by atoms with Crippen molar-refractivity contribution >= 4 is 28.2 Å². The Labute approximate surface area is 161 Å². The molecule has 0 radical (unpaired) electrons. The van der Waals surface area contributed by atoms with Crippen LogP contribution in [-0.4, -0.2) is 32.4 Å². The van der Waals surface area contributed by atoms with Gasteiger partial charge in [0.1, 0.15) is 6.04 Å². The SMILES string of the molecule is CCCC(NC(=O)Cc1csc2nc(-c3ccc(CC)cc3)cn12)C(=O)O. The summed E-state index contributed by atoms with van der Waals surface area (Å²) in [5, 5.41) is 13.7. The highest BCUT2D eigenvalue weighted by Crippen LogP contribution is 2.24. The molecule has 2 heterocycles. The van der Waals surface area contributed by atoms with E-state index in [0.29, 0.717) is 12.8 Å². The molecule has 142 valence electrons. The minimum Gasteiger partial charge on any atom is -0.480 e. The van der Waals surface area contributed by atoms with Gasteiger partial charge in [0.2, 0.25) is 5.91 Å². The Morgan fingerprint density at radius 2 is 2.00 bits per heavy atom. The lowest BCUT2D eigenvalue weighted by atomic mass is 10.1. The first-order valence-corrected chi connectivity index (χ1v) is 9.96. The number of aliphatic carboxylic acids is 1. The zero-order valence-corrected chi connectivity index (χ0v) is 16.3. The maximum absolute atomic E-state index is 12.3. The summed E-state index contributed by atoms with van der Waals surface area (Å²) in [4.78, 5) is 29.0. The highest BCUT2D eigenvalue weighted by atomic mass is 32.1. The zero-order chi connectivity index (χ0) is 19.4. The molecular weight excluding hydrogens is 362 g/mol. The van der Waals surface area contributed by atoms with E-state index in [2.05, 4.69) is 41.5 Å². The van der Waals surface area contributed by atoms with Gasteiger partial charge < -0.3 is 10.4 Å². The van der Waals surface area contributed by atoms with E-state index in [1.807, 2.05) is 22.9 Å². The van der Waals surface area contributed by atoms with E-state index in [9.17, 15) is 14.7 Å². The van der Waals surface area contributed by atoms with Crippen LogP contribution in [0.1, 0.15) is 37.9 Å². The maximum Gasteiger partial charge on any atom is 0.326 e. The zero-order valence-electron chi connectivity index (χ0n) is 15.4. The van der Waals surface area contributed by atoms with E-state index in [1.54, 1.807) is 0 Å². The van der Waals surface area contributed by atoms with Gasteiger partial charge in [-0.15, -0.1) is 11.3 Å². The number of thiazole rings is 1. The van der Waals surface area contributed by atoms with Gasteiger partial charge >= 0.3 is 5.97 Å². The summed E-state index contributed by atoms with van der Waals surface area (Å²) in [5.41, 5.74) is 3.97. The first-order chi connectivity index (χ1) is 13.0. The fourth-order valence-corrected chi connectivity index (χ4v) is 3.84. The number of nitrogens with one attached hydrogen (secondary N) is 1. The van der Waals surface area contributed by atoms with Crippen LogP contribution in [-0.2, 0) is 22.4 Å². The monoisotopic (exact) mass is 385 g/mol. The van der Waals surface area contributed by atoms with Crippen molar-refractivity contribution in [3.63, 3.8) is 0 Å². The molecule has 0 aliphatic rings. The molecule has 0 saturated heterocycles. The predicted molar refractivity (Wildman–Crippen MR) is 106 cm³/mol. The Hall–Kier alpha value is -2.67. The van der Waals surface area contributed by atoms with Gasteiger partial charge in [0.25, 0.3) is 0 Å². The molecule has 2 N–H and O–H groups in total. The molecule has 3 rings (SSSR count). The number of carbonyl (C=O) groups is 2. The highest BCUT2D eigenvalue weighted by molar-refractivity contribution is 7.15. The van der Waals surface area contributed by atoms with Crippen LogP contribution in [0.5, 0.6) is 0 Å². The van der Waals surface area contributed by atoms with Crippen LogP contribution < -0.4 is 5.32 Å². The molecule has 1 unspecified atom stereocenters. The predicted octanol–water partition coefficient (Wildman–Crippen LogP) is 3.54. The van der Waals surface area contributed by atoms with E-state index in [-0.39, 0.29) is 12.3 Å². The second-order valence-electron chi connectivity index (χ2n) is 6.48. The van der Waals surface area contributed by atoms with Gasteiger partial charge in [-0.2, -0.15) is 0 Å². The number of carboxylic acid groups (broad SMARTS) is 1. The molecule has 0 saturated carbocycles. The maximum atomic E-state index is 12.3. The van der Waals surface area contributed by atoms with Gasteiger partial charge in [-0.25, -0.2) is 9.78 Å². The van der Waals surface area contributed by atoms with E-state index < -0.39 is 12.0 Å². The van der Waals surface area contributed by atoms with Crippen LogP contribution in [0, 0.1) is 0 Å². The molecular formula is C20H23N3O3S. The molecule has 0 aliphatic carbocycles. The largest absolute Gasteiger partial charge is 0.480 e. The summed E-state index contributed by atoms with van der Waals surface area (Å²) >= 11 is 1.47. The van der Waals surface area contributed by atoms with Crippen LogP contribution in [0.4, 0.5) is 0 Å². The van der Waals surface area contributed by atoms with Crippen molar-refractivity contribution in [3.05, 3.63) is 47.1 Å². The summed E-state index contributed by atoms with van der Waals surface area (Å²) in [6, 6.07) is 7.46. The number of carboxylic acids is 1. The third kappa shape index (κ3) is 4.36. The van der Waals surface area contributed by atoms with Gasteiger partial charge in [-0.05, 0) is 18.4 Å². The number of carbonyl (C=O) groups excluding carboxylic acids is 1. The molecule has 27 heavy (non-hydrogen) atoms. The molecule has 1 atom stereocenters. The Kier molecular flexibility index (Phi) is 5.91. The van der Waals surface area contributed by atoms with Crippen LogP contribution in [0.3, 0.4) is 0 Å². The molecule has 0 fully saturated rings. The number of rotatable bonds is 8. The summed E-state index contributed by atoms with van der Waals surface area (Å²) in [5.74, 6) is -1.29. The smallest absolute Gasteiger partial charge is 0.326 e. The van der Waals surface area contributed by atoms with Crippen molar-refractivity contribution in [1.29, 1.82) is 0 Å². The fourth-order valence-electron chi connectivity index (χ4n) is 2.96. The summed E-state index contributed by atoms with van der Waals surface area (Å²) in [6.45, 7) is 4.01. The van der Waals surface area contributed by atoms with Gasteiger partial charge in [-0.3, -0.25) is 9.20 Å². The average molecular weight is 385 g/mol. The molecule has 0 aliphatic heterocycles. The third-order valence-corrected chi connectivity index (χ3v) is 5.38. The average Bonchev–Trinajstić information content (AvgIpc) is 3.23. The number of imidazole rings is 1. The van der Waals surface area contributed by atoms with Crippen molar-refractivity contribution in [2.24, 2.45) is 0 Å². The minimum atomic E-state index is -0.999. The van der Waals surface area contributed by atoms with Crippen LogP contribution in [0.2, 0.25) is 0 Å². The number of amides is 1. The van der Waals surface area contributed by atoms with E-state index in [0.717, 1.165) is 28.3 Å². The normalized spacial score (nSPS) is 12.2. The first kappa shape index (κ1) is 19.1.